The molecule has 0 aliphatic heterocycles. The lowest BCUT2D eigenvalue weighted by Gasteiger charge is -2.04. The molecule has 28 heavy (non-hydrogen) atoms. The number of carbonyl (C=O) groups excluding carboxylic acids is 2. The van der Waals surface area contributed by atoms with E-state index in [2.05, 4.69) is 4.74 Å². The van der Waals surface area contributed by atoms with Crippen molar-refractivity contribution in [2.45, 2.75) is 13.5 Å². The third kappa shape index (κ3) is 5.97. The molecule has 0 fully saturated rings. The summed E-state index contributed by atoms with van der Waals surface area (Å²) >= 11 is 0. The number of nitro benzene ring substituents is 1. The van der Waals surface area contributed by atoms with Gasteiger partial charge in [-0.1, -0.05) is 24.3 Å². The highest BCUT2D eigenvalue weighted by Crippen LogP contribution is 2.19. The molecule has 0 amide bonds. The van der Waals surface area contributed by atoms with Gasteiger partial charge in [-0.3, -0.25) is 14.9 Å². The average molecular weight is 391 g/mol. The minimum absolute atomic E-state index is 0.0208. The minimum Gasteiger partial charge on any atom is -0.454 e. The van der Waals surface area contributed by atoms with Gasteiger partial charge < -0.3 is 9.47 Å². The highest BCUT2D eigenvalue weighted by atomic mass is 19.3. The Kier molecular flexibility index (Phi) is 6.91. The quantitative estimate of drug-likeness (QED) is 0.222. The molecule has 2 aromatic rings. The summed E-state index contributed by atoms with van der Waals surface area (Å²) in [6, 6.07) is 9.52. The zero-order chi connectivity index (χ0) is 20.7. The number of rotatable bonds is 8. The largest absolute Gasteiger partial charge is 0.454 e. The summed E-state index contributed by atoms with van der Waals surface area (Å²) < 4.78 is 33.2. The van der Waals surface area contributed by atoms with Gasteiger partial charge in [-0.2, -0.15) is 8.78 Å². The summed E-state index contributed by atoms with van der Waals surface area (Å²) in [5, 5.41) is 10.9. The molecular weight excluding hydrogens is 376 g/mol. The van der Waals surface area contributed by atoms with E-state index in [0.717, 1.165) is 12.1 Å². The van der Waals surface area contributed by atoms with Crippen LogP contribution < -0.4 is 4.74 Å². The summed E-state index contributed by atoms with van der Waals surface area (Å²) in [6.07, 6.45) is 2.43. The maximum absolute atomic E-state index is 12.1. The van der Waals surface area contributed by atoms with Crippen LogP contribution in [0.5, 0.6) is 5.75 Å². The van der Waals surface area contributed by atoms with E-state index in [-0.39, 0.29) is 17.0 Å². The first kappa shape index (κ1) is 20.7. The Morgan fingerprint density at radius 2 is 1.86 bits per heavy atom. The summed E-state index contributed by atoms with van der Waals surface area (Å²) in [7, 11) is 0. The van der Waals surface area contributed by atoms with Crippen LogP contribution in [-0.2, 0) is 9.53 Å². The van der Waals surface area contributed by atoms with Gasteiger partial charge in [0.25, 0.3) is 5.69 Å². The van der Waals surface area contributed by atoms with Crippen LogP contribution in [0, 0.1) is 17.0 Å². The Labute approximate surface area is 158 Å². The zero-order valence-electron chi connectivity index (χ0n) is 14.6. The third-order valence-corrected chi connectivity index (χ3v) is 3.59. The molecule has 0 saturated carbocycles. The van der Waals surface area contributed by atoms with Gasteiger partial charge in [-0.15, -0.1) is 0 Å². The topological polar surface area (TPSA) is 95.7 Å². The number of esters is 1. The lowest BCUT2D eigenvalue weighted by molar-refractivity contribution is -0.385. The fraction of sp³-hybridized carbons (Fsp3) is 0.158. The number of Topliss-reactive ketones (excluding diaryl/α,β-unsaturated/α-hetero) is 1. The van der Waals surface area contributed by atoms with Crippen molar-refractivity contribution < 1.29 is 32.8 Å². The van der Waals surface area contributed by atoms with Gasteiger partial charge in [0.1, 0.15) is 5.75 Å². The van der Waals surface area contributed by atoms with Crippen molar-refractivity contribution in [1.29, 1.82) is 0 Å². The van der Waals surface area contributed by atoms with Gasteiger partial charge in [0, 0.05) is 23.3 Å². The fourth-order valence-electron chi connectivity index (χ4n) is 2.17. The van der Waals surface area contributed by atoms with Gasteiger partial charge in [0.05, 0.1) is 4.92 Å². The number of carbonyl (C=O) groups is 2. The van der Waals surface area contributed by atoms with Crippen LogP contribution in [0.3, 0.4) is 0 Å². The highest BCUT2D eigenvalue weighted by molar-refractivity contribution is 5.99. The Morgan fingerprint density at radius 1 is 1.18 bits per heavy atom. The van der Waals surface area contributed by atoms with E-state index >= 15 is 0 Å². The summed E-state index contributed by atoms with van der Waals surface area (Å²) in [5.74, 6) is -1.41. The normalized spacial score (nSPS) is 10.9. The van der Waals surface area contributed by atoms with Crippen molar-refractivity contribution in [1.82, 2.24) is 0 Å². The van der Waals surface area contributed by atoms with Crippen LogP contribution in [0.15, 0.2) is 48.5 Å². The molecule has 0 bridgehead atoms. The van der Waals surface area contributed by atoms with Crippen LogP contribution >= 0.6 is 0 Å². The smallest absolute Gasteiger partial charge is 0.387 e. The van der Waals surface area contributed by atoms with E-state index in [1.165, 1.54) is 42.5 Å². The standard InChI is InChI=1S/C19H15F2NO6/c1-12-2-6-14(10-16(12)22(25)26)17(23)11-27-18(24)9-5-13-3-7-15(8-4-13)28-19(20)21/h2-10,19H,11H2,1H3/b9-5+. The molecule has 2 rings (SSSR count). The molecule has 0 aromatic heterocycles. The number of alkyl halides is 2. The van der Waals surface area contributed by atoms with Crippen LogP contribution in [0.4, 0.5) is 14.5 Å². The second kappa shape index (κ2) is 9.36. The number of nitro groups is 1. The molecule has 0 unspecified atom stereocenters. The highest BCUT2D eigenvalue weighted by Gasteiger charge is 2.15. The number of ether oxygens (including phenoxy) is 2. The molecular formula is C19H15F2NO6. The van der Waals surface area contributed by atoms with Crippen LogP contribution in [0.1, 0.15) is 21.5 Å². The van der Waals surface area contributed by atoms with E-state index in [4.69, 9.17) is 4.74 Å². The maximum atomic E-state index is 12.1. The molecule has 7 nitrogen and oxygen atoms in total. The number of benzene rings is 2. The van der Waals surface area contributed by atoms with Gasteiger partial charge in [-0.25, -0.2) is 4.79 Å². The predicted molar refractivity (Wildman–Crippen MR) is 95.2 cm³/mol. The second-order valence-electron chi connectivity index (χ2n) is 5.57. The van der Waals surface area contributed by atoms with Crippen LogP contribution in [0.25, 0.3) is 6.08 Å². The van der Waals surface area contributed by atoms with Crippen LogP contribution in [0.2, 0.25) is 0 Å². The number of hydrogen-bond acceptors (Lipinski definition) is 6. The molecule has 9 heteroatoms. The molecule has 0 heterocycles. The molecule has 146 valence electrons. The Hall–Kier alpha value is -3.62. The number of halogens is 2. The van der Waals surface area contributed by atoms with Crippen molar-refractivity contribution in [3.8, 4) is 5.75 Å². The SMILES string of the molecule is Cc1ccc(C(=O)COC(=O)/C=C/c2ccc(OC(F)F)cc2)cc1[N+](=O)[O-]. The Bertz CT molecular complexity index is 909. The first-order valence-corrected chi connectivity index (χ1v) is 7.94. The van der Waals surface area contributed by atoms with Crippen LogP contribution in [-0.4, -0.2) is 29.9 Å². The monoisotopic (exact) mass is 391 g/mol. The van der Waals surface area contributed by atoms with E-state index < -0.39 is 29.9 Å². The van der Waals surface area contributed by atoms with Gasteiger partial charge >= 0.3 is 12.6 Å². The first-order chi connectivity index (χ1) is 13.3. The van der Waals surface area contributed by atoms with Crippen molar-refractivity contribution >= 4 is 23.5 Å². The molecule has 0 saturated heterocycles. The molecule has 2 aromatic carbocycles. The number of hydrogen-bond donors (Lipinski definition) is 0. The molecule has 0 radical (unpaired) electrons. The van der Waals surface area contributed by atoms with Gasteiger partial charge in [0.15, 0.2) is 6.61 Å². The van der Waals surface area contributed by atoms with Crippen molar-refractivity contribution in [2.24, 2.45) is 0 Å². The molecule has 0 spiro atoms. The van der Waals surface area contributed by atoms with E-state index in [0.29, 0.717) is 11.1 Å². The zero-order valence-corrected chi connectivity index (χ0v) is 14.6. The number of aryl methyl sites for hydroxylation is 1. The minimum atomic E-state index is -2.93. The van der Waals surface area contributed by atoms with E-state index in [1.807, 2.05) is 0 Å². The third-order valence-electron chi connectivity index (χ3n) is 3.59. The Morgan fingerprint density at radius 3 is 2.46 bits per heavy atom. The molecule has 0 atom stereocenters. The molecule has 0 aliphatic rings. The lowest BCUT2D eigenvalue weighted by Crippen LogP contribution is -2.13. The predicted octanol–water partition coefficient (Wildman–Crippen LogP) is 3.94. The second-order valence-corrected chi connectivity index (χ2v) is 5.57. The summed E-state index contributed by atoms with van der Waals surface area (Å²) in [4.78, 5) is 34.0. The lowest BCUT2D eigenvalue weighted by atomic mass is 10.1. The van der Waals surface area contributed by atoms with Gasteiger partial charge in [0.2, 0.25) is 5.78 Å². The van der Waals surface area contributed by atoms with Gasteiger partial charge in [-0.05, 0) is 30.7 Å². The van der Waals surface area contributed by atoms with E-state index in [1.54, 1.807) is 6.92 Å². The Balaban J connectivity index is 1.91. The van der Waals surface area contributed by atoms with Crippen molar-refractivity contribution in [3.63, 3.8) is 0 Å². The maximum Gasteiger partial charge on any atom is 0.387 e. The average Bonchev–Trinajstić information content (AvgIpc) is 2.65. The van der Waals surface area contributed by atoms with Crippen molar-refractivity contribution in [3.05, 3.63) is 75.3 Å². The first-order valence-electron chi connectivity index (χ1n) is 7.94. The molecule has 0 N–H and O–H groups in total. The fourth-order valence-corrected chi connectivity index (χ4v) is 2.17. The number of ketones is 1. The van der Waals surface area contributed by atoms with E-state index in [9.17, 15) is 28.5 Å². The number of nitrogens with zero attached hydrogens (tertiary/aromatic N) is 1. The summed E-state index contributed by atoms with van der Waals surface area (Å²) in [5.41, 5.74) is 0.797. The summed E-state index contributed by atoms with van der Waals surface area (Å²) in [6.45, 7) is -1.96. The molecule has 0 aliphatic carbocycles. The van der Waals surface area contributed by atoms with Crippen molar-refractivity contribution in [2.75, 3.05) is 6.61 Å².